The van der Waals surface area contributed by atoms with Crippen molar-refractivity contribution >= 4 is 27.7 Å². The number of carbonyl (C=O) groups is 2. The lowest BCUT2D eigenvalue weighted by atomic mass is 9.72. The molecule has 1 aliphatic heterocycles. The van der Waals surface area contributed by atoms with Gasteiger partial charge in [0, 0.05) is 36.2 Å². The molecule has 2 heterocycles. The monoisotopic (exact) mass is 365 g/mol. The number of fused-ring (bicyclic) bond motifs is 1. The summed E-state index contributed by atoms with van der Waals surface area (Å²) in [6.45, 7) is 0.458. The Balaban J connectivity index is 1.65. The molecule has 1 saturated heterocycles. The third kappa shape index (κ3) is 3.48. The fraction of sp³-hybridized carbons (Fsp3) is 0.562. The molecular weight excluding hydrogens is 346 g/mol. The van der Waals surface area contributed by atoms with Crippen molar-refractivity contribution in [2.24, 2.45) is 11.8 Å². The van der Waals surface area contributed by atoms with Crippen LogP contribution < -0.4 is 10.6 Å². The maximum atomic E-state index is 12.6. The van der Waals surface area contributed by atoms with Crippen molar-refractivity contribution < 1.29 is 9.59 Å². The number of alkyl halides is 1. The summed E-state index contributed by atoms with van der Waals surface area (Å²) in [5.41, 5.74) is 0.967. The molecule has 4 atom stereocenters. The number of nitrogens with one attached hydrogen (secondary N) is 2. The van der Waals surface area contributed by atoms with Gasteiger partial charge in [0.25, 0.3) is 0 Å². The lowest BCUT2D eigenvalue weighted by Gasteiger charge is -2.42. The highest BCUT2D eigenvalue weighted by atomic mass is 79.9. The minimum absolute atomic E-state index is 0.00389. The fourth-order valence-corrected chi connectivity index (χ4v) is 4.20. The van der Waals surface area contributed by atoms with E-state index in [1.165, 1.54) is 0 Å². The van der Waals surface area contributed by atoms with Crippen LogP contribution in [-0.4, -0.2) is 27.7 Å². The molecule has 1 saturated carbocycles. The largest absolute Gasteiger partial charge is 0.353 e. The van der Waals surface area contributed by atoms with Gasteiger partial charge in [0.1, 0.15) is 0 Å². The Labute approximate surface area is 138 Å². The average Bonchev–Trinajstić information content (AvgIpc) is 2.53. The number of aromatic nitrogens is 1. The first kappa shape index (κ1) is 15.5. The Hall–Kier alpha value is -1.43. The number of amides is 2. The molecule has 4 unspecified atom stereocenters. The van der Waals surface area contributed by atoms with Gasteiger partial charge in [-0.05, 0) is 36.8 Å². The van der Waals surface area contributed by atoms with Gasteiger partial charge in [0.15, 0.2) is 0 Å². The van der Waals surface area contributed by atoms with Crippen molar-refractivity contribution in [1.29, 1.82) is 0 Å². The number of carbonyl (C=O) groups excluding carboxylic acids is 2. The Morgan fingerprint density at radius 3 is 3.09 bits per heavy atom. The van der Waals surface area contributed by atoms with E-state index in [4.69, 9.17) is 0 Å². The zero-order valence-electron chi connectivity index (χ0n) is 12.3. The van der Waals surface area contributed by atoms with Crippen LogP contribution in [0.25, 0.3) is 0 Å². The highest BCUT2D eigenvalue weighted by Gasteiger charge is 2.43. The maximum absolute atomic E-state index is 12.6. The summed E-state index contributed by atoms with van der Waals surface area (Å²) in [4.78, 5) is 28.9. The number of piperidine rings is 1. The minimum Gasteiger partial charge on any atom is -0.353 e. The van der Waals surface area contributed by atoms with Gasteiger partial charge in [-0.25, -0.2) is 0 Å². The highest BCUT2D eigenvalue weighted by molar-refractivity contribution is 9.09. The zero-order valence-corrected chi connectivity index (χ0v) is 13.9. The Morgan fingerprint density at radius 2 is 2.32 bits per heavy atom. The molecule has 0 radical (unpaired) electrons. The van der Waals surface area contributed by atoms with Gasteiger partial charge < -0.3 is 10.6 Å². The lowest BCUT2D eigenvalue weighted by Crippen LogP contribution is -2.55. The van der Waals surface area contributed by atoms with Crippen LogP contribution in [0.1, 0.15) is 31.2 Å². The van der Waals surface area contributed by atoms with Crippen LogP contribution in [0.15, 0.2) is 24.5 Å². The van der Waals surface area contributed by atoms with Crippen molar-refractivity contribution in [3.05, 3.63) is 30.1 Å². The number of nitrogens with zero attached hydrogens (tertiary/aromatic N) is 1. The van der Waals surface area contributed by atoms with Crippen LogP contribution in [0.5, 0.6) is 0 Å². The first-order valence-electron chi connectivity index (χ1n) is 7.73. The molecule has 2 amide bonds. The first-order valence-corrected chi connectivity index (χ1v) is 8.65. The van der Waals surface area contributed by atoms with Gasteiger partial charge in [-0.15, -0.1) is 0 Å². The Bertz CT molecular complexity index is 552. The third-order valence-electron chi connectivity index (χ3n) is 4.63. The average molecular weight is 366 g/mol. The molecule has 5 nitrogen and oxygen atoms in total. The second kappa shape index (κ2) is 6.77. The summed E-state index contributed by atoms with van der Waals surface area (Å²) in [6.07, 6.45) is 6.67. The van der Waals surface area contributed by atoms with Crippen LogP contribution in [0.3, 0.4) is 0 Å². The third-order valence-corrected chi connectivity index (χ3v) is 5.46. The van der Waals surface area contributed by atoms with Crippen LogP contribution in [-0.2, 0) is 16.1 Å². The molecule has 1 aromatic heterocycles. The van der Waals surface area contributed by atoms with E-state index in [1.54, 1.807) is 12.4 Å². The number of hydrogen-bond acceptors (Lipinski definition) is 3. The molecule has 1 aromatic rings. The Morgan fingerprint density at radius 1 is 1.45 bits per heavy atom. The van der Waals surface area contributed by atoms with Gasteiger partial charge in [-0.1, -0.05) is 22.0 Å². The van der Waals surface area contributed by atoms with Crippen molar-refractivity contribution in [3.63, 3.8) is 0 Å². The van der Waals surface area contributed by atoms with E-state index >= 15 is 0 Å². The topological polar surface area (TPSA) is 71.1 Å². The molecule has 0 bridgehead atoms. The molecule has 6 heteroatoms. The predicted molar refractivity (Wildman–Crippen MR) is 86.2 cm³/mol. The predicted octanol–water partition coefficient (Wildman–Crippen LogP) is 1.77. The molecule has 2 aliphatic rings. The smallest absolute Gasteiger partial charge is 0.224 e. The van der Waals surface area contributed by atoms with Crippen molar-refractivity contribution in [2.75, 3.05) is 0 Å². The van der Waals surface area contributed by atoms with E-state index < -0.39 is 0 Å². The molecule has 22 heavy (non-hydrogen) atoms. The first-order chi connectivity index (χ1) is 10.6. The Kier molecular flexibility index (Phi) is 4.76. The van der Waals surface area contributed by atoms with Gasteiger partial charge in [-0.2, -0.15) is 0 Å². The molecule has 3 rings (SSSR count). The summed E-state index contributed by atoms with van der Waals surface area (Å²) in [5, 5.41) is 6.01. The summed E-state index contributed by atoms with van der Waals surface area (Å²) in [5.74, 6) is -0.0217. The van der Waals surface area contributed by atoms with Crippen LogP contribution in [0.4, 0.5) is 0 Å². The van der Waals surface area contributed by atoms with E-state index in [0.717, 1.165) is 24.8 Å². The van der Waals surface area contributed by atoms with E-state index in [0.29, 0.717) is 17.8 Å². The van der Waals surface area contributed by atoms with Crippen LogP contribution >= 0.6 is 15.9 Å². The van der Waals surface area contributed by atoms with Crippen molar-refractivity contribution in [1.82, 2.24) is 15.6 Å². The number of halogens is 1. The zero-order chi connectivity index (χ0) is 15.5. The second-order valence-electron chi connectivity index (χ2n) is 6.14. The van der Waals surface area contributed by atoms with Crippen molar-refractivity contribution in [2.45, 2.75) is 43.1 Å². The van der Waals surface area contributed by atoms with Gasteiger partial charge in [0.2, 0.25) is 11.8 Å². The SMILES string of the molecule is O=C1CC(C(=O)NCc2cccnc2)C2CC(Br)CCC2N1. The summed E-state index contributed by atoms with van der Waals surface area (Å²) in [6, 6.07) is 3.92. The van der Waals surface area contributed by atoms with E-state index in [9.17, 15) is 9.59 Å². The molecule has 0 spiro atoms. The second-order valence-corrected chi connectivity index (χ2v) is 7.43. The fourth-order valence-electron chi connectivity index (χ4n) is 3.50. The number of hydrogen-bond donors (Lipinski definition) is 2. The van der Waals surface area contributed by atoms with Crippen LogP contribution in [0, 0.1) is 11.8 Å². The molecular formula is C16H20BrN3O2. The lowest BCUT2D eigenvalue weighted by molar-refractivity contribution is -0.137. The summed E-state index contributed by atoms with van der Waals surface area (Å²) < 4.78 is 0. The standard InChI is InChI=1S/C16H20BrN3O2/c17-11-3-4-14-12(6-11)13(7-15(21)20-14)16(22)19-9-10-2-1-5-18-8-10/h1-2,5,8,11-14H,3-4,6-7,9H2,(H,19,22)(H,20,21). The van der Waals surface area contributed by atoms with E-state index in [1.807, 2.05) is 12.1 Å². The van der Waals surface area contributed by atoms with E-state index in [2.05, 4.69) is 31.5 Å². The normalized spacial score (nSPS) is 31.0. The quantitative estimate of drug-likeness (QED) is 0.801. The van der Waals surface area contributed by atoms with Crippen LogP contribution in [0.2, 0.25) is 0 Å². The molecule has 2 N–H and O–H groups in total. The maximum Gasteiger partial charge on any atom is 0.224 e. The highest BCUT2D eigenvalue weighted by Crippen LogP contribution is 2.38. The van der Waals surface area contributed by atoms with Crippen molar-refractivity contribution in [3.8, 4) is 0 Å². The summed E-state index contributed by atoms with van der Waals surface area (Å²) >= 11 is 3.67. The van der Waals surface area contributed by atoms with Gasteiger partial charge in [0.05, 0.1) is 5.92 Å². The van der Waals surface area contributed by atoms with Gasteiger partial charge in [-0.3, -0.25) is 14.6 Å². The number of rotatable bonds is 3. The number of pyridine rings is 1. The molecule has 2 fully saturated rings. The van der Waals surface area contributed by atoms with E-state index in [-0.39, 0.29) is 29.7 Å². The minimum atomic E-state index is -0.226. The summed E-state index contributed by atoms with van der Waals surface area (Å²) in [7, 11) is 0. The molecule has 0 aromatic carbocycles. The van der Waals surface area contributed by atoms with Gasteiger partial charge >= 0.3 is 0 Å². The molecule has 1 aliphatic carbocycles. The molecule has 118 valence electrons.